The summed E-state index contributed by atoms with van der Waals surface area (Å²) in [6.07, 6.45) is 0. The van der Waals surface area contributed by atoms with Crippen LogP contribution in [0.3, 0.4) is 0 Å². The summed E-state index contributed by atoms with van der Waals surface area (Å²) in [5.41, 5.74) is 8.56. The van der Waals surface area contributed by atoms with Crippen LogP contribution in [0.2, 0.25) is 0 Å². The molecule has 106 valence electrons. The summed E-state index contributed by atoms with van der Waals surface area (Å²) in [5.74, 6) is 2.43. The molecule has 7 heteroatoms. The first-order chi connectivity index (χ1) is 10.2. The van der Waals surface area contributed by atoms with Crippen LogP contribution >= 0.6 is 27.3 Å². The van der Waals surface area contributed by atoms with E-state index < -0.39 is 0 Å². The number of hydrogen-bond acceptors (Lipinski definition) is 6. The number of nitrogens with zero attached hydrogens (tertiary/aromatic N) is 1. The van der Waals surface area contributed by atoms with E-state index in [2.05, 4.69) is 21.1 Å². The molecule has 0 fully saturated rings. The first kappa shape index (κ1) is 12.7. The lowest BCUT2D eigenvalue weighted by Crippen LogP contribution is -1.92. The molecule has 0 radical (unpaired) electrons. The molecule has 0 bridgehead atoms. The van der Waals surface area contributed by atoms with Crippen LogP contribution in [0, 0.1) is 0 Å². The highest BCUT2D eigenvalue weighted by molar-refractivity contribution is 9.11. The predicted molar refractivity (Wildman–Crippen MR) is 83.5 cm³/mol. The van der Waals surface area contributed by atoms with Crippen LogP contribution in [0.25, 0.3) is 22.5 Å². The minimum Gasteiger partial charge on any atom is -0.454 e. The molecule has 0 saturated heterocycles. The number of nitrogen functional groups attached to an aromatic ring is 1. The molecule has 5 nitrogen and oxygen atoms in total. The summed E-state index contributed by atoms with van der Waals surface area (Å²) in [6.45, 7) is 0.238. The number of hydrogen-bond donors (Lipinski definition) is 1. The number of fused-ring (bicyclic) bond motifs is 1. The summed E-state index contributed by atoms with van der Waals surface area (Å²) >= 11 is 5.02. The van der Waals surface area contributed by atoms with E-state index in [0.717, 1.165) is 26.2 Å². The molecule has 21 heavy (non-hydrogen) atoms. The van der Waals surface area contributed by atoms with Crippen LogP contribution in [0.4, 0.5) is 5.82 Å². The van der Waals surface area contributed by atoms with Crippen molar-refractivity contribution in [2.24, 2.45) is 0 Å². The molecule has 2 N–H and O–H groups in total. The Balaban J connectivity index is 1.87. The smallest absolute Gasteiger partial charge is 0.231 e. The quantitative estimate of drug-likeness (QED) is 0.739. The first-order valence-electron chi connectivity index (χ1n) is 6.12. The average molecular weight is 365 g/mol. The Labute approximate surface area is 132 Å². The first-order valence-corrected chi connectivity index (χ1v) is 7.79. The molecule has 1 aliphatic heterocycles. The maximum Gasteiger partial charge on any atom is 0.231 e. The van der Waals surface area contributed by atoms with Crippen molar-refractivity contribution >= 4 is 33.1 Å². The van der Waals surface area contributed by atoms with E-state index in [1.165, 1.54) is 0 Å². The van der Waals surface area contributed by atoms with Crippen LogP contribution in [-0.2, 0) is 0 Å². The molecule has 2 aromatic heterocycles. The van der Waals surface area contributed by atoms with Gasteiger partial charge in [0.25, 0.3) is 0 Å². The summed E-state index contributed by atoms with van der Waals surface area (Å²) in [7, 11) is 0. The highest BCUT2D eigenvalue weighted by Gasteiger charge is 2.21. The van der Waals surface area contributed by atoms with Crippen molar-refractivity contribution in [2.45, 2.75) is 0 Å². The van der Waals surface area contributed by atoms with Crippen molar-refractivity contribution in [1.82, 2.24) is 5.16 Å². The monoisotopic (exact) mass is 364 g/mol. The topological polar surface area (TPSA) is 70.5 Å². The fourth-order valence-corrected chi connectivity index (χ4v) is 3.40. The van der Waals surface area contributed by atoms with E-state index in [4.69, 9.17) is 19.7 Å². The molecule has 4 rings (SSSR count). The summed E-state index contributed by atoms with van der Waals surface area (Å²) in [6, 6.07) is 7.63. The SMILES string of the molecule is Nc1noc(-c2csc(Br)c2)c1-c1ccc2c(c1)OCO2. The van der Waals surface area contributed by atoms with Gasteiger partial charge in [-0.05, 0) is 39.7 Å². The third kappa shape index (κ3) is 2.09. The molecule has 0 unspecified atom stereocenters. The Morgan fingerprint density at radius 2 is 2.00 bits per heavy atom. The van der Waals surface area contributed by atoms with Gasteiger partial charge >= 0.3 is 0 Å². The van der Waals surface area contributed by atoms with E-state index in [0.29, 0.717) is 17.3 Å². The third-order valence-electron chi connectivity index (χ3n) is 3.21. The van der Waals surface area contributed by atoms with Crippen LogP contribution < -0.4 is 15.2 Å². The molecule has 3 aromatic rings. The van der Waals surface area contributed by atoms with Gasteiger partial charge in [-0.3, -0.25) is 0 Å². The van der Waals surface area contributed by atoms with Crippen LogP contribution in [-0.4, -0.2) is 11.9 Å². The van der Waals surface area contributed by atoms with Crippen LogP contribution in [0.1, 0.15) is 0 Å². The maximum absolute atomic E-state index is 5.98. The van der Waals surface area contributed by atoms with E-state index >= 15 is 0 Å². The number of aromatic nitrogens is 1. The van der Waals surface area contributed by atoms with Gasteiger partial charge in [0, 0.05) is 10.9 Å². The number of ether oxygens (including phenoxy) is 2. The van der Waals surface area contributed by atoms with Gasteiger partial charge in [-0.2, -0.15) is 0 Å². The number of anilines is 1. The normalized spacial score (nSPS) is 12.8. The number of thiophene rings is 1. The second-order valence-corrected chi connectivity index (χ2v) is 6.77. The van der Waals surface area contributed by atoms with Crippen molar-refractivity contribution in [3.63, 3.8) is 0 Å². The Kier molecular flexibility index (Phi) is 2.90. The maximum atomic E-state index is 5.98. The minimum atomic E-state index is 0.238. The number of rotatable bonds is 2. The molecule has 0 saturated carbocycles. The van der Waals surface area contributed by atoms with Crippen molar-refractivity contribution < 1.29 is 14.0 Å². The van der Waals surface area contributed by atoms with Crippen LogP contribution in [0.5, 0.6) is 11.5 Å². The Bertz CT molecular complexity index is 827. The summed E-state index contributed by atoms with van der Waals surface area (Å²) < 4.78 is 17.2. The largest absolute Gasteiger partial charge is 0.454 e. The summed E-state index contributed by atoms with van der Waals surface area (Å²) in [5, 5.41) is 5.88. The molecule has 1 aliphatic rings. The van der Waals surface area contributed by atoms with Gasteiger partial charge in [0.15, 0.2) is 23.1 Å². The lowest BCUT2D eigenvalue weighted by molar-refractivity contribution is 0.174. The predicted octanol–water partition coefficient (Wildman–Crippen LogP) is 4.14. The lowest BCUT2D eigenvalue weighted by atomic mass is 10.0. The van der Waals surface area contributed by atoms with E-state index in [-0.39, 0.29) is 6.79 Å². The zero-order valence-electron chi connectivity index (χ0n) is 10.6. The molecule has 0 aliphatic carbocycles. The zero-order chi connectivity index (χ0) is 14.4. The molecule has 0 spiro atoms. The van der Waals surface area contributed by atoms with E-state index in [1.54, 1.807) is 11.3 Å². The highest BCUT2D eigenvalue weighted by Crippen LogP contribution is 2.42. The Morgan fingerprint density at radius 3 is 2.81 bits per heavy atom. The second-order valence-electron chi connectivity index (χ2n) is 4.48. The van der Waals surface area contributed by atoms with Gasteiger partial charge < -0.3 is 19.7 Å². The van der Waals surface area contributed by atoms with Gasteiger partial charge in [0.1, 0.15) is 0 Å². The van der Waals surface area contributed by atoms with Gasteiger partial charge in [0.05, 0.1) is 9.35 Å². The average Bonchev–Trinajstić information content (AvgIpc) is 3.17. The molecule has 0 amide bonds. The Morgan fingerprint density at radius 1 is 1.14 bits per heavy atom. The summed E-state index contributed by atoms with van der Waals surface area (Å²) in [4.78, 5) is 0. The molecule has 3 heterocycles. The molecular weight excluding hydrogens is 356 g/mol. The fraction of sp³-hybridized carbons (Fsp3) is 0.0714. The number of nitrogens with two attached hydrogens (primary N) is 1. The highest BCUT2D eigenvalue weighted by atomic mass is 79.9. The van der Waals surface area contributed by atoms with Crippen LogP contribution in [0.15, 0.2) is 38.0 Å². The van der Waals surface area contributed by atoms with Gasteiger partial charge in [-0.15, -0.1) is 11.3 Å². The number of halogens is 1. The van der Waals surface area contributed by atoms with Gasteiger partial charge in [0.2, 0.25) is 6.79 Å². The minimum absolute atomic E-state index is 0.238. The van der Waals surface area contributed by atoms with E-state index in [1.807, 2.05) is 29.6 Å². The van der Waals surface area contributed by atoms with Crippen molar-refractivity contribution in [3.8, 4) is 33.9 Å². The van der Waals surface area contributed by atoms with Crippen molar-refractivity contribution in [1.29, 1.82) is 0 Å². The van der Waals surface area contributed by atoms with Gasteiger partial charge in [-0.25, -0.2) is 0 Å². The van der Waals surface area contributed by atoms with Crippen molar-refractivity contribution in [2.75, 3.05) is 12.5 Å². The third-order valence-corrected chi connectivity index (χ3v) is 4.71. The molecular formula is C14H9BrN2O3S. The zero-order valence-corrected chi connectivity index (χ0v) is 13.0. The Hall–Kier alpha value is -1.99. The molecule has 1 aromatic carbocycles. The molecule has 0 atom stereocenters. The second kappa shape index (κ2) is 4.78. The van der Waals surface area contributed by atoms with Gasteiger partial charge in [-0.1, -0.05) is 11.2 Å². The van der Waals surface area contributed by atoms with E-state index in [9.17, 15) is 0 Å². The lowest BCUT2D eigenvalue weighted by Gasteiger charge is -2.03. The standard InChI is InChI=1S/C14H9BrN2O3S/c15-11-4-8(5-21-11)13-12(14(16)17-20-13)7-1-2-9-10(3-7)19-6-18-9/h1-5H,6H2,(H2,16,17). The number of benzene rings is 1. The fourth-order valence-electron chi connectivity index (χ4n) is 2.26. The van der Waals surface area contributed by atoms with Crippen molar-refractivity contribution in [3.05, 3.63) is 33.4 Å².